The van der Waals surface area contributed by atoms with Crippen molar-refractivity contribution in [3.8, 4) is 0 Å². The minimum atomic E-state index is -0.173. The van der Waals surface area contributed by atoms with Gasteiger partial charge in [0.1, 0.15) is 6.54 Å². The number of nitrogens with zero attached hydrogens (tertiary/aromatic N) is 2. The van der Waals surface area contributed by atoms with E-state index in [1.165, 1.54) is 10.5 Å². The maximum atomic E-state index is 12.7. The molecule has 1 aromatic carbocycles. The molecule has 3 amide bonds. The van der Waals surface area contributed by atoms with Gasteiger partial charge in [-0.15, -0.1) is 0 Å². The first-order valence-electron chi connectivity index (χ1n) is 9.83. The lowest BCUT2D eigenvalue weighted by Gasteiger charge is -2.33. The number of imide groups is 1. The molecule has 26 heavy (non-hydrogen) atoms. The minimum absolute atomic E-state index is 0.0688. The van der Waals surface area contributed by atoms with Gasteiger partial charge >= 0.3 is 0 Å². The second-order valence-corrected chi connectivity index (χ2v) is 7.83. The molecule has 3 aliphatic rings. The number of carbonyl (C=O) groups excluding carboxylic acids is 3. The molecular formula is C21H26N2O3. The van der Waals surface area contributed by atoms with E-state index < -0.39 is 0 Å². The van der Waals surface area contributed by atoms with Gasteiger partial charge in [0.05, 0.1) is 11.8 Å². The number of hydrogen-bond donors (Lipinski definition) is 0. The van der Waals surface area contributed by atoms with E-state index in [-0.39, 0.29) is 36.1 Å². The molecule has 1 aliphatic carbocycles. The summed E-state index contributed by atoms with van der Waals surface area (Å²) < 4.78 is 0. The molecule has 0 radical (unpaired) electrons. The number of piperidine rings is 1. The second kappa shape index (κ2) is 7.22. The van der Waals surface area contributed by atoms with Gasteiger partial charge in [0.2, 0.25) is 17.7 Å². The standard InChI is InChI=1S/C21H26N2O3/c24-19(14-23-20(25)17-8-4-5-9-18(17)21(23)26)22-12-10-16(11-13-22)15-6-2-1-3-7-15/h1-3,6-7,16-18H,4-5,8-14H2. The van der Waals surface area contributed by atoms with Gasteiger partial charge < -0.3 is 4.90 Å². The summed E-state index contributed by atoms with van der Waals surface area (Å²) in [6.45, 7) is 1.32. The summed E-state index contributed by atoms with van der Waals surface area (Å²) in [6, 6.07) is 10.4. The number of likely N-dealkylation sites (tertiary alicyclic amines) is 2. The van der Waals surface area contributed by atoms with Crippen LogP contribution in [-0.2, 0) is 14.4 Å². The Bertz CT molecular complexity index is 670. The van der Waals surface area contributed by atoms with Crippen molar-refractivity contribution in [2.24, 2.45) is 11.8 Å². The second-order valence-electron chi connectivity index (χ2n) is 7.83. The molecule has 0 aromatic heterocycles. The van der Waals surface area contributed by atoms with Crippen LogP contribution >= 0.6 is 0 Å². The first-order chi connectivity index (χ1) is 12.6. The topological polar surface area (TPSA) is 57.7 Å². The third kappa shape index (κ3) is 3.15. The summed E-state index contributed by atoms with van der Waals surface area (Å²) in [6.07, 6.45) is 5.47. The van der Waals surface area contributed by atoms with Crippen LogP contribution in [0.5, 0.6) is 0 Å². The lowest BCUT2D eigenvalue weighted by atomic mass is 9.81. The third-order valence-electron chi connectivity index (χ3n) is 6.34. The SMILES string of the molecule is O=C(CN1C(=O)C2CCCCC2C1=O)N1CCC(c2ccccc2)CC1. The molecule has 5 heteroatoms. The van der Waals surface area contributed by atoms with Gasteiger partial charge in [0.25, 0.3) is 0 Å². The highest BCUT2D eigenvalue weighted by atomic mass is 16.2. The van der Waals surface area contributed by atoms with Gasteiger partial charge in [0, 0.05) is 13.1 Å². The zero-order chi connectivity index (χ0) is 18.1. The summed E-state index contributed by atoms with van der Waals surface area (Å²) in [5.41, 5.74) is 1.33. The Morgan fingerprint density at radius 2 is 1.46 bits per heavy atom. The minimum Gasteiger partial charge on any atom is -0.341 e. The first kappa shape index (κ1) is 17.3. The number of rotatable bonds is 3. The summed E-state index contributed by atoms with van der Waals surface area (Å²) in [5.74, 6) is -0.185. The molecule has 138 valence electrons. The molecule has 1 saturated carbocycles. The van der Waals surface area contributed by atoms with Crippen LogP contribution in [0.3, 0.4) is 0 Å². The lowest BCUT2D eigenvalue weighted by molar-refractivity contribution is -0.147. The molecule has 0 bridgehead atoms. The van der Waals surface area contributed by atoms with Crippen LogP contribution in [0.2, 0.25) is 0 Å². The zero-order valence-corrected chi connectivity index (χ0v) is 15.1. The van der Waals surface area contributed by atoms with Crippen molar-refractivity contribution in [3.05, 3.63) is 35.9 Å². The largest absolute Gasteiger partial charge is 0.341 e. The van der Waals surface area contributed by atoms with E-state index in [2.05, 4.69) is 24.3 Å². The molecule has 0 spiro atoms. The van der Waals surface area contributed by atoms with Crippen molar-refractivity contribution in [1.82, 2.24) is 9.80 Å². The van der Waals surface area contributed by atoms with E-state index in [4.69, 9.17) is 0 Å². The fourth-order valence-corrected chi connectivity index (χ4v) is 4.81. The number of fused-ring (bicyclic) bond motifs is 1. The monoisotopic (exact) mass is 354 g/mol. The molecule has 2 atom stereocenters. The molecule has 1 aromatic rings. The van der Waals surface area contributed by atoms with Crippen LogP contribution in [0.1, 0.15) is 50.0 Å². The van der Waals surface area contributed by atoms with Crippen molar-refractivity contribution in [1.29, 1.82) is 0 Å². The van der Waals surface area contributed by atoms with Crippen molar-refractivity contribution in [2.45, 2.75) is 44.4 Å². The number of hydrogen-bond acceptors (Lipinski definition) is 3. The van der Waals surface area contributed by atoms with Crippen LogP contribution in [-0.4, -0.2) is 47.2 Å². The van der Waals surface area contributed by atoms with Gasteiger partial charge in [0.15, 0.2) is 0 Å². The molecule has 2 saturated heterocycles. The molecule has 2 unspecified atom stereocenters. The first-order valence-corrected chi connectivity index (χ1v) is 9.83. The van der Waals surface area contributed by atoms with Crippen LogP contribution in [0.25, 0.3) is 0 Å². The number of amides is 3. The van der Waals surface area contributed by atoms with Crippen LogP contribution in [0, 0.1) is 11.8 Å². The van der Waals surface area contributed by atoms with Gasteiger partial charge in [-0.1, -0.05) is 43.2 Å². The van der Waals surface area contributed by atoms with Gasteiger partial charge in [-0.05, 0) is 37.2 Å². The van der Waals surface area contributed by atoms with Gasteiger partial charge in [-0.2, -0.15) is 0 Å². The average Bonchev–Trinajstić information content (AvgIpc) is 2.94. The highest BCUT2D eigenvalue weighted by Gasteiger charge is 2.48. The highest BCUT2D eigenvalue weighted by Crippen LogP contribution is 2.38. The molecule has 4 rings (SSSR count). The third-order valence-corrected chi connectivity index (χ3v) is 6.34. The zero-order valence-electron chi connectivity index (χ0n) is 15.1. The summed E-state index contributed by atoms with van der Waals surface area (Å²) in [7, 11) is 0. The molecule has 0 N–H and O–H groups in total. The Morgan fingerprint density at radius 1 is 0.885 bits per heavy atom. The maximum absolute atomic E-state index is 12.7. The Balaban J connectivity index is 1.34. The number of benzene rings is 1. The van der Waals surface area contributed by atoms with E-state index in [0.29, 0.717) is 19.0 Å². The predicted octanol–water partition coefficient (Wildman–Crippen LogP) is 2.57. The van der Waals surface area contributed by atoms with Crippen molar-refractivity contribution >= 4 is 17.7 Å². The van der Waals surface area contributed by atoms with E-state index in [1.54, 1.807) is 0 Å². The highest BCUT2D eigenvalue weighted by molar-refractivity contribution is 6.07. The molecule has 3 fully saturated rings. The van der Waals surface area contributed by atoms with E-state index in [0.717, 1.165) is 38.5 Å². The maximum Gasteiger partial charge on any atom is 0.242 e. The summed E-state index contributed by atoms with van der Waals surface area (Å²) >= 11 is 0. The smallest absolute Gasteiger partial charge is 0.242 e. The van der Waals surface area contributed by atoms with Crippen LogP contribution < -0.4 is 0 Å². The quantitative estimate of drug-likeness (QED) is 0.784. The predicted molar refractivity (Wildman–Crippen MR) is 97.2 cm³/mol. The Kier molecular flexibility index (Phi) is 4.79. The Morgan fingerprint density at radius 3 is 2.04 bits per heavy atom. The number of carbonyl (C=O) groups is 3. The van der Waals surface area contributed by atoms with E-state index >= 15 is 0 Å². The fourth-order valence-electron chi connectivity index (χ4n) is 4.81. The van der Waals surface area contributed by atoms with Crippen molar-refractivity contribution < 1.29 is 14.4 Å². The molecule has 2 heterocycles. The normalized spacial score (nSPS) is 26.9. The molecule has 2 aliphatic heterocycles. The molecular weight excluding hydrogens is 328 g/mol. The van der Waals surface area contributed by atoms with Crippen LogP contribution in [0.4, 0.5) is 0 Å². The lowest BCUT2D eigenvalue weighted by Crippen LogP contribution is -2.45. The van der Waals surface area contributed by atoms with Crippen LogP contribution in [0.15, 0.2) is 30.3 Å². The molecule has 5 nitrogen and oxygen atoms in total. The summed E-state index contributed by atoms with van der Waals surface area (Å²) in [4.78, 5) is 40.8. The van der Waals surface area contributed by atoms with Crippen molar-refractivity contribution in [3.63, 3.8) is 0 Å². The fraction of sp³-hybridized carbons (Fsp3) is 0.571. The van der Waals surface area contributed by atoms with E-state index in [9.17, 15) is 14.4 Å². The van der Waals surface area contributed by atoms with Gasteiger partial charge in [-0.25, -0.2) is 0 Å². The Labute approximate surface area is 154 Å². The average molecular weight is 354 g/mol. The Hall–Kier alpha value is -2.17. The van der Waals surface area contributed by atoms with Crippen molar-refractivity contribution in [2.75, 3.05) is 19.6 Å². The summed E-state index contributed by atoms with van der Waals surface area (Å²) in [5, 5.41) is 0. The van der Waals surface area contributed by atoms with E-state index in [1.807, 2.05) is 11.0 Å². The van der Waals surface area contributed by atoms with Gasteiger partial charge in [-0.3, -0.25) is 19.3 Å².